The van der Waals surface area contributed by atoms with E-state index in [1.54, 1.807) is 0 Å². The Morgan fingerprint density at radius 1 is 0.642 bits per heavy atom. The Balaban J connectivity index is 1.40. The van der Waals surface area contributed by atoms with Gasteiger partial charge in [-0.05, 0) is 32.0 Å². The summed E-state index contributed by atoms with van der Waals surface area (Å²) in [6, 6.07) is 5.09. The summed E-state index contributed by atoms with van der Waals surface area (Å²) in [7, 11) is 0. The first-order valence-corrected chi connectivity index (χ1v) is 16.4. The second-order valence-corrected chi connectivity index (χ2v) is 13.1. The third kappa shape index (κ3) is 7.34. The van der Waals surface area contributed by atoms with Gasteiger partial charge >= 0.3 is 0 Å². The summed E-state index contributed by atoms with van der Waals surface area (Å²) in [6.07, 6.45) is -25.1. The van der Waals surface area contributed by atoms with Crippen LogP contribution >= 0.6 is 0 Å². The average molecular weight is 757 g/mol. The summed E-state index contributed by atoms with van der Waals surface area (Å²) in [4.78, 5) is 14.0. The van der Waals surface area contributed by atoms with E-state index in [-0.39, 0.29) is 11.1 Å². The highest BCUT2D eigenvalue weighted by Gasteiger charge is 2.52. The molecule has 3 aliphatic rings. The van der Waals surface area contributed by atoms with Gasteiger partial charge in [0.2, 0.25) is 17.5 Å². The molecule has 4 heterocycles. The SMILES string of the molecule is C[C@@H]1O[C@@H](OC[C@H]2O[C@@H](Oc3c(-c4ccc(O)c(O)c4)oc4cc(O)cc(O)c4c3=O)[C@H](O[C@H]3O[C@H](C)[C@@H](O)[C@H](O)[C@@H]3O)[C@@H](O)[C@H]2O)[C@H](O)[C@H](O)[C@H]1O. The average Bonchev–Trinajstić information content (AvgIpc) is 3.11. The van der Waals surface area contributed by atoms with Crippen LogP contribution in [-0.2, 0) is 23.7 Å². The van der Waals surface area contributed by atoms with Gasteiger partial charge in [-0.15, -0.1) is 0 Å². The number of phenols is 4. The summed E-state index contributed by atoms with van der Waals surface area (Å²) >= 11 is 0. The van der Waals surface area contributed by atoms with Gasteiger partial charge in [-0.25, -0.2) is 0 Å². The Morgan fingerprint density at radius 3 is 1.91 bits per heavy atom. The highest BCUT2D eigenvalue weighted by atomic mass is 16.8. The number of aromatic hydroxyl groups is 4. The van der Waals surface area contributed by atoms with Gasteiger partial charge in [-0.2, -0.15) is 0 Å². The van der Waals surface area contributed by atoms with Crippen molar-refractivity contribution in [2.75, 3.05) is 6.61 Å². The summed E-state index contributed by atoms with van der Waals surface area (Å²) < 4.78 is 40.1. The number of phenolic OH excluding ortho intramolecular Hbond substituents is 4. The van der Waals surface area contributed by atoms with E-state index >= 15 is 0 Å². The van der Waals surface area contributed by atoms with Crippen molar-refractivity contribution in [3.8, 4) is 40.1 Å². The van der Waals surface area contributed by atoms with E-state index in [0.29, 0.717) is 0 Å². The largest absolute Gasteiger partial charge is 0.508 e. The normalized spacial score (nSPS) is 37.8. The highest BCUT2D eigenvalue weighted by molar-refractivity contribution is 5.88. The van der Waals surface area contributed by atoms with Gasteiger partial charge in [-0.1, -0.05) is 0 Å². The van der Waals surface area contributed by atoms with Crippen molar-refractivity contribution in [1.29, 1.82) is 0 Å². The molecule has 20 nitrogen and oxygen atoms in total. The number of aliphatic hydroxyl groups excluding tert-OH is 8. The Labute approximate surface area is 298 Å². The Kier molecular flexibility index (Phi) is 11.1. The topological polar surface area (TPSA) is 328 Å². The van der Waals surface area contributed by atoms with Crippen LogP contribution in [0.2, 0.25) is 0 Å². The van der Waals surface area contributed by atoms with Crippen LogP contribution in [0.5, 0.6) is 28.7 Å². The molecule has 3 fully saturated rings. The predicted molar refractivity (Wildman–Crippen MR) is 171 cm³/mol. The lowest BCUT2D eigenvalue weighted by atomic mass is 9.97. The van der Waals surface area contributed by atoms with E-state index < -0.39 is 144 Å². The lowest BCUT2D eigenvalue weighted by Crippen LogP contribution is -2.65. The van der Waals surface area contributed by atoms with E-state index in [9.17, 15) is 66.1 Å². The first-order valence-electron chi connectivity index (χ1n) is 16.4. The molecule has 1 aromatic heterocycles. The number of rotatable bonds is 8. The monoisotopic (exact) mass is 756 g/mol. The summed E-state index contributed by atoms with van der Waals surface area (Å²) in [5.41, 5.74) is -1.54. The Bertz CT molecular complexity index is 1830. The maximum absolute atomic E-state index is 14.0. The first-order chi connectivity index (χ1) is 25.0. The molecule has 3 saturated heterocycles. The molecule has 0 spiro atoms. The van der Waals surface area contributed by atoms with Crippen LogP contribution in [-0.4, -0.2) is 160 Å². The Hall–Kier alpha value is -3.87. The van der Waals surface area contributed by atoms with Crippen LogP contribution in [0.1, 0.15) is 13.8 Å². The molecule has 3 aromatic rings. The summed E-state index contributed by atoms with van der Waals surface area (Å²) in [5.74, 6) is -3.68. The smallest absolute Gasteiger partial charge is 0.239 e. The molecule has 20 heteroatoms. The molecule has 12 N–H and O–H groups in total. The van der Waals surface area contributed by atoms with E-state index in [0.717, 1.165) is 24.3 Å². The molecule has 15 atom stereocenters. The molecule has 53 heavy (non-hydrogen) atoms. The fraction of sp³-hybridized carbons (Fsp3) is 0.545. The van der Waals surface area contributed by atoms with Crippen molar-refractivity contribution in [2.24, 2.45) is 0 Å². The molecule has 0 saturated carbocycles. The molecule has 6 rings (SSSR count). The van der Waals surface area contributed by atoms with Crippen molar-refractivity contribution in [3.63, 3.8) is 0 Å². The number of aliphatic hydroxyl groups is 8. The van der Waals surface area contributed by atoms with Crippen LogP contribution in [0.25, 0.3) is 22.3 Å². The number of fused-ring (bicyclic) bond motifs is 1. The van der Waals surface area contributed by atoms with Gasteiger partial charge in [0.05, 0.1) is 18.8 Å². The summed E-state index contributed by atoms with van der Waals surface area (Å²) in [6.45, 7) is 2.05. The molecule has 292 valence electrons. The highest BCUT2D eigenvalue weighted by Crippen LogP contribution is 2.40. The van der Waals surface area contributed by atoms with Gasteiger partial charge in [0.1, 0.15) is 77.4 Å². The molecular weight excluding hydrogens is 716 g/mol. The number of hydrogen-bond acceptors (Lipinski definition) is 20. The fourth-order valence-electron chi connectivity index (χ4n) is 6.25. The minimum Gasteiger partial charge on any atom is -0.508 e. The second-order valence-electron chi connectivity index (χ2n) is 13.1. The number of ether oxygens (including phenoxy) is 6. The molecule has 2 aromatic carbocycles. The fourth-order valence-corrected chi connectivity index (χ4v) is 6.25. The lowest BCUT2D eigenvalue weighted by molar-refractivity contribution is -0.360. The van der Waals surface area contributed by atoms with Crippen molar-refractivity contribution >= 4 is 11.0 Å². The zero-order valence-electron chi connectivity index (χ0n) is 27.9. The Morgan fingerprint density at radius 2 is 1.26 bits per heavy atom. The maximum Gasteiger partial charge on any atom is 0.239 e. The van der Waals surface area contributed by atoms with Crippen LogP contribution < -0.4 is 10.2 Å². The minimum absolute atomic E-state index is 0.0962. The van der Waals surface area contributed by atoms with Gasteiger partial charge < -0.3 is 94.1 Å². The first kappa shape index (κ1) is 38.8. The van der Waals surface area contributed by atoms with Gasteiger partial charge in [0.15, 0.2) is 35.9 Å². The van der Waals surface area contributed by atoms with E-state index in [1.807, 2.05) is 0 Å². The number of benzene rings is 2. The molecule has 0 aliphatic carbocycles. The standard InChI is InChI=1S/C33H40O20/c1-9-19(38)23(42)26(45)31(48-9)47-8-17-21(40)25(44)30(53-32-27(46)24(43)20(39)10(2)49-32)33(51-17)52-29-22(41)18-15(37)6-12(34)7-16(18)50-28(29)11-3-4-13(35)14(36)5-11/h3-7,9-10,17,19-21,23-27,30-40,42-46H,8H2,1-2H3/t9-,10+,17+,19-,20+,21-,23+,24-,25-,26+,27-,30+,31+,32+,33-/m0/s1. The third-order valence-electron chi connectivity index (χ3n) is 9.37. The molecule has 0 radical (unpaired) electrons. The van der Waals surface area contributed by atoms with Crippen LogP contribution in [0, 0.1) is 0 Å². The quantitative estimate of drug-likeness (QED) is 0.103. The van der Waals surface area contributed by atoms with Crippen LogP contribution in [0.3, 0.4) is 0 Å². The van der Waals surface area contributed by atoms with Gasteiger partial charge in [0.25, 0.3) is 0 Å². The van der Waals surface area contributed by atoms with E-state index in [2.05, 4.69) is 0 Å². The van der Waals surface area contributed by atoms with Crippen LogP contribution in [0.15, 0.2) is 39.5 Å². The van der Waals surface area contributed by atoms with Crippen molar-refractivity contribution in [3.05, 3.63) is 40.6 Å². The van der Waals surface area contributed by atoms with Crippen molar-refractivity contribution in [2.45, 2.75) is 106 Å². The summed E-state index contributed by atoms with van der Waals surface area (Å²) in [5, 5.41) is 125. The molecule has 0 amide bonds. The zero-order valence-corrected chi connectivity index (χ0v) is 27.9. The van der Waals surface area contributed by atoms with Crippen LogP contribution in [0.4, 0.5) is 0 Å². The minimum atomic E-state index is -2.04. The molecular formula is C33H40O20. The maximum atomic E-state index is 14.0. The lowest BCUT2D eigenvalue weighted by Gasteiger charge is -2.46. The molecule has 0 unspecified atom stereocenters. The van der Waals surface area contributed by atoms with E-state index in [4.69, 9.17) is 32.8 Å². The van der Waals surface area contributed by atoms with Gasteiger partial charge in [-0.3, -0.25) is 4.79 Å². The second kappa shape index (κ2) is 15.1. The molecule has 3 aliphatic heterocycles. The van der Waals surface area contributed by atoms with Crippen molar-refractivity contribution < 1.29 is 94.1 Å². The number of hydrogen-bond donors (Lipinski definition) is 12. The predicted octanol–water partition coefficient (Wildman–Crippen LogP) is -2.84. The molecule has 0 bridgehead atoms. The van der Waals surface area contributed by atoms with Crippen molar-refractivity contribution in [1.82, 2.24) is 0 Å². The van der Waals surface area contributed by atoms with E-state index in [1.165, 1.54) is 19.9 Å². The third-order valence-corrected chi connectivity index (χ3v) is 9.37. The zero-order chi connectivity index (χ0) is 38.6. The van der Waals surface area contributed by atoms with Gasteiger partial charge in [0, 0.05) is 17.7 Å².